The Morgan fingerprint density at radius 2 is 1.76 bits per heavy atom. The lowest BCUT2D eigenvalue weighted by Gasteiger charge is -2.12. The lowest BCUT2D eigenvalue weighted by Crippen LogP contribution is -2.03. The molecule has 1 heterocycles. The number of carboxylic acids is 1. The van der Waals surface area contributed by atoms with Crippen LogP contribution in [0.25, 0.3) is 17.5 Å². The van der Waals surface area contributed by atoms with E-state index in [4.69, 9.17) is 44.3 Å². The van der Waals surface area contributed by atoms with Crippen LogP contribution in [-0.2, 0) is 17.9 Å². The normalized spacial score (nSPS) is 11.4. The predicted molar refractivity (Wildman–Crippen MR) is 151 cm³/mol. The monoisotopic (exact) mass is 589 g/mol. The Bertz CT molecular complexity index is 1490. The summed E-state index contributed by atoms with van der Waals surface area (Å²) in [4.78, 5) is 12.2. The van der Waals surface area contributed by atoms with Crippen molar-refractivity contribution in [1.82, 2.24) is 14.8 Å². The first-order chi connectivity index (χ1) is 18.3. The molecular formula is C27H22Cl3N3O4S. The van der Waals surface area contributed by atoms with Crippen molar-refractivity contribution in [2.24, 2.45) is 0 Å². The zero-order valence-corrected chi connectivity index (χ0v) is 23.4. The SMILES string of the molecule is CCn1c(S/C(=C\c2ccc(OCc3ccc(Cl)c(Cl)c3)c(OC)c2)C(=O)O)nnc1-c1ccc(Cl)cc1. The minimum Gasteiger partial charge on any atom is -0.493 e. The highest BCUT2D eigenvalue weighted by Gasteiger charge is 2.19. The number of carbonyl (C=O) groups is 1. The van der Waals surface area contributed by atoms with Gasteiger partial charge in [-0.15, -0.1) is 10.2 Å². The van der Waals surface area contributed by atoms with Gasteiger partial charge in [0.1, 0.15) is 11.5 Å². The lowest BCUT2D eigenvalue weighted by molar-refractivity contribution is -0.131. The van der Waals surface area contributed by atoms with Crippen LogP contribution in [-0.4, -0.2) is 33.0 Å². The van der Waals surface area contributed by atoms with Crippen LogP contribution in [0.2, 0.25) is 15.1 Å². The fourth-order valence-electron chi connectivity index (χ4n) is 3.53. The number of methoxy groups -OCH3 is 1. The average Bonchev–Trinajstić information content (AvgIpc) is 3.32. The molecule has 0 aliphatic carbocycles. The molecule has 0 radical (unpaired) electrons. The number of hydrogen-bond acceptors (Lipinski definition) is 6. The Kier molecular flexibility index (Phi) is 9.22. The van der Waals surface area contributed by atoms with Crippen molar-refractivity contribution in [3.63, 3.8) is 0 Å². The first-order valence-electron chi connectivity index (χ1n) is 11.4. The van der Waals surface area contributed by atoms with Crippen molar-refractivity contribution >= 4 is 58.6 Å². The molecule has 4 aromatic rings. The van der Waals surface area contributed by atoms with Gasteiger partial charge in [0.2, 0.25) is 0 Å². The highest BCUT2D eigenvalue weighted by atomic mass is 35.5. The smallest absolute Gasteiger partial charge is 0.342 e. The first kappa shape index (κ1) is 27.9. The molecule has 0 saturated heterocycles. The molecule has 196 valence electrons. The number of rotatable bonds is 10. The van der Waals surface area contributed by atoms with Crippen molar-refractivity contribution in [2.45, 2.75) is 25.2 Å². The van der Waals surface area contributed by atoms with Crippen LogP contribution in [0.1, 0.15) is 18.1 Å². The summed E-state index contributed by atoms with van der Waals surface area (Å²) in [5.74, 6) is 0.489. The molecule has 0 unspecified atom stereocenters. The van der Waals surface area contributed by atoms with Crippen molar-refractivity contribution in [3.8, 4) is 22.9 Å². The van der Waals surface area contributed by atoms with Gasteiger partial charge in [0, 0.05) is 17.1 Å². The third kappa shape index (κ3) is 6.63. The van der Waals surface area contributed by atoms with Crippen molar-refractivity contribution in [1.29, 1.82) is 0 Å². The number of ether oxygens (including phenoxy) is 2. The zero-order valence-electron chi connectivity index (χ0n) is 20.3. The van der Waals surface area contributed by atoms with E-state index in [9.17, 15) is 9.90 Å². The van der Waals surface area contributed by atoms with Crippen molar-refractivity contribution < 1.29 is 19.4 Å². The largest absolute Gasteiger partial charge is 0.493 e. The topological polar surface area (TPSA) is 86.5 Å². The summed E-state index contributed by atoms with van der Waals surface area (Å²) in [6.07, 6.45) is 1.55. The third-order valence-corrected chi connectivity index (χ3v) is 7.40. The molecular weight excluding hydrogens is 569 g/mol. The molecule has 11 heteroatoms. The fraction of sp³-hybridized carbons (Fsp3) is 0.148. The van der Waals surface area contributed by atoms with Crippen molar-refractivity contribution in [3.05, 3.63) is 91.8 Å². The second-order valence-corrected chi connectivity index (χ2v) is 10.2. The molecule has 0 saturated carbocycles. The van der Waals surface area contributed by atoms with E-state index >= 15 is 0 Å². The Morgan fingerprint density at radius 1 is 1.00 bits per heavy atom. The molecule has 1 N–H and O–H groups in total. The van der Waals surface area contributed by atoms with Crippen LogP contribution < -0.4 is 9.47 Å². The van der Waals surface area contributed by atoms with Crippen LogP contribution in [0.3, 0.4) is 0 Å². The van der Waals surface area contributed by atoms with Crippen LogP contribution >= 0.6 is 46.6 Å². The molecule has 4 rings (SSSR count). The van der Waals surface area contributed by atoms with E-state index in [-0.39, 0.29) is 11.5 Å². The number of hydrogen-bond donors (Lipinski definition) is 1. The Hall–Kier alpha value is -3.17. The maximum absolute atomic E-state index is 12.1. The lowest BCUT2D eigenvalue weighted by atomic mass is 10.2. The highest BCUT2D eigenvalue weighted by Crippen LogP contribution is 2.34. The molecule has 0 aliphatic rings. The summed E-state index contributed by atoms with van der Waals surface area (Å²) in [5.41, 5.74) is 2.29. The predicted octanol–water partition coefficient (Wildman–Crippen LogP) is 7.73. The molecule has 0 amide bonds. The van der Waals surface area contributed by atoms with Crippen LogP contribution in [0, 0.1) is 0 Å². The number of aromatic nitrogens is 3. The highest BCUT2D eigenvalue weighted by molar-refractivity contribution is 8.04. The summed E-state index contributed by atoms with van der Waals surface area (Å²) < 4.78 is 13.2. The number of thioether (sulfide) groups is 1. The van der Waals surface area contributed by atoms with Crippen LogP contribution in [0.5, 0.6) is 11.5 Å². The molecule has 38 heavy (non-hydrogen) atoms. The number of nitrogens with zero attached hydrogens (tertiary/aromatic N) is 3. The van der Waals surface area contributed by atoms with Gasteiger partial charge in [-0.05, 0) is 84.4 Å². The Morgan fingerprint density at radius 3 is 2.42 bits per heavy atom. The Balaban J connectivity index is 1.56. The zero-order chi connectivity index (χ0) is 27.2. The van der Waals surface area contributed by atoms with E-state index in [1.165, 1.54) is 7.11 Å². The quantitative estimate of drug-likeness (QED) is 0.149. The maximum Gasteiger partial charge on any atom is 0.342 e. The summed E-state index contributed by atoms with van der Waals surface area (Å²) in [7, 11) is 1.52. The van der Waals surface area contributed by atoms with E-state index in [1.807, 2.05) is 29.7 Å². The van der Waals surface area contributed by atoms with Gasteiger partial charge >= 0.3 is 5.97 Å². The van der Waals surface area contributed by atoms with E-state index in [0.717, 1.165) is 22.9 Å². The number of aliphatic carboxylic acids is 1. The molecule has 3 aromatic carbocycles. The van der Waals surface area contributed by atoms with Gasteiger partial charge in [-0.1, -0.05) is 46.9 Å². The van der Waals surface area contributed by atoms with Crippen molar-refractivity contribution in [2.75, 3.05) is 7.11 Å². The minimum atomic E-state index is -1.09. The molecule has 0 spiro atoms. The van der Waals surface area contributed by atoms with Gasteiger partial charge in [0.25, 0.3) is 0 Å². The van der Waals surface area contributed by atoms with Gasteiger partial charge in [-0.2, -0.15) is 0 Å². The van der Waals surface area contributed by atoms with E-state index in [1.54, 1.807) is 48.5 Å². The molecule has 7 nitrogen and oxygen atoms in total. The van der Waals surface area contributed by atoms with E-state index in [2.05, 4.69) is 10.2 Å². The van der Waals surface area contributed by atoms with Gasteiger partial charge in [-0.25, -0.2) is 4.79 Å². The van der Waals surface area contributed by atoms with Crippen LogP contribution in [0.4, 0.5) is 0 Å². The minimum absolute atomic E-state index is 0.0706. The summed E-state index contributed by atoms with van der Waals surface area (Å²) in [6.45, 7) is 2.75. The molecule has 1 aromatic heterocycles. The number of halogens is 3. The van der Waals surface area contributed by atoms with Crippen LogP contribution in [0.15, 0.2) is 70.7 Å². The average molecular weight is 591 g/mol. The fourth-order valence-corrected chi connectivity index (χ4v) is 4.86. The third-order valence-electron chi connectivity index (χ3n) is 5.41. The first-order valence-corrected chi connectivity index (χ1v) is 13.3. The number of carboxylic acid groups (broad SMARTS) is 1. The van der Waals surface area contributed by atoms with Gasteiger partial charge in [0.05, 0.1) is 17.2 Å². The number of benzene rings is 3. The summed E-state index contributed by atoms with van der Waals surface area (Å²) in [6, 6.07) is 17.7. The molecule has 0 fully saturated rings. The van der Waals surface area contributed by atoms with Gasteiger partial charge < -0.3 is 19.1 Å². The van der Waals surface area contributed by atoms with E-state index < -0.39 is 5.97 Å². The maximum atomic E-state index is 12.1. The second kappa shape index (κ2) is 12.6. The summed E-state index contributed by atoms with van der Waals surface area (Å²) in [5, 5.41) is 20.4. The standard InChI is InChI=1S/C27H22Cl3N3O4S/c1-3-33-25(18-6-8-19(28)9-7-18)31-32-27(33)38-24(26(34)35)14-16-5-11-22(23(13-16)36-2)37-15-17-4-10-20(29)21(30)12-17/h4-14H,3,15H2,1-2H3,(H,34,35)/b24-14-. The Labute approximate surface area is 239 Å². The summed E-state index contributed by atoms with van der Waals surface area (Å²) >= 11 is 19.1. The molecule has 0 bridgehead atoms. The van der Waals surface area contributed by atoms with Gasteiger partial charge in [0.15, 0.2) is 22.5 Å². The second-order valence-electron chi connectivity index (χ2n) is 7.92. The van der Waals surface area contributed by atoms with E-state index in [0.29, 0.717) is 49.7 Å². The van der Waals surface area contributed by atoms with Gasteiger partial charge in [-0.3, -0.25) is 0 Å². The molecule has 0 aliphatic heterocycles. The molecule has 0 atom stereocenters.